The molecule has 0 saturated carbocycles. The van der Waals surface area contributed by atoms with E-state index in [4.69, 9.17) is 4.74 Å². The number of fused-ring (bicyclic) bond motifs is 1. The van der Waals surface area contributed by atoms with Gasteiger partial charge in [0.1, 0.15) is 5.60 Å². The van der Waals surface area contributed by atoms with Gasteiger partial charge < -0.3 is 15.0 Å². The first-order valence-electron chi connectivity index (χ1n) is 7.06. The molecule has 0 aliphatic heterocycles. The van der Waals surface area contributed by atoms with Gasteiger partial charge in [0.15, 0.2) is 0 Å². The highest BCUT2D eigenvalue weighted by atomic mass is 16.6. The van der Waals surface area contributed by atoms with Gasteiger partial charge in [0.05, 0.1) is 0 Å². The normalized spacial score (nSPS) is 12.0. The number of amides is 1. The van der Waals surface area contributed by atoms with Crippen molar-refractivity contribution in [3.05, 3.63) is 41.6 Å². The van der Waals surface area contributed by atoms with E-state index in [0.29, 0.717) is 6.54 Å². The second-order valence-corrected chi connectivity index (χ2v) is 6.08. The fourth-order valence-electron chi connectivity index (χ4n) is 2.04. The van der Waals surface area contributed by atoms with Crippen molar-refractivity contribution >= 4 is 23.1 Å². The van der Waals surface area contributed by atoms with Crippen LogP contribution in [-0.2, 0) is 4.74 Å². The minimum absolute atomic E-state index is 0.401. The number of hydrogen-bond acceptors (Lipinski definition) is 2. The number of aromatic amines is 1. The summed E-state index contributed by atoms with van der Waals surface area (Å²) in [5, 5.41) is 3.89. The minimum Gasteiger partial charge on any atom is -0.444 e. The Morgan fingerprint density at radius 1 is 1.38 bits per heavy atom. The van der Waals surface area contributed by atoms with Crippen LogP contribution in [0.3, 0.4) is 0 Å². The Kier molecular flexibility index (Phi) is 4.36. The number of aromatic nitrogens is 1. The summed E-state index contributed by atoms with van der Waals surface area (Å²) in [6, 6.07) is 6.30. The number of alkyl carbamates (subject to hydrolysis) is 1. The smallest absolute Gasteiger partial charge is 0.407 e. The molecule has 0 radical (unpaired) electrons. The number of nitrogens with one attached hydrogen (secondary N) is 2. The Morgan fingerprint density at radius 2 is 2.14 bits per heavy atom. The molecule has 4 nitrogen and oxygen atoms in total. The molecule has 1 aromatic carbocycles. The monoisotopic (exact) mass is 286 g/mol. The first-order valence-corrected chi connectivity index (χ1v) is 7.06. The Balaban J connectivity index is 1.95. The van der Waals surface area contributed by atoms with Crippen molar-refractivity contribution in [2.75, 3.05) is 6.54 Å². The van der Waals surface area contributed by atoms with E-state index >= 15 is 0 Å². The van der Waals surface area contributed by atoms with Crippen LogP contribution in [0.15, 0.2) is 30.5 Å². The topological polar surface area (TPSA) is 54.1 Å². The first kappa shape index (κ1) is 15.2. The molecule has 2 N–H and O–H groups in total. The molecule has 2 aromatic rings. The van der Waals surface area contributed by atoms with Crippen LogP contribution in [0.1, 0.15) is 31.9 Å². The fourth-order valence-corrected chi connectivity index (χ4v) is 2.04. The van der Waals surface area contributed by atoms with E-state index < -0.39 is 11.7 Å². The SMILES string of the molecule is Cc1ccc2[nH]cc(C=CCNC(=O)OC(C)(C)C)c2c1. The number of aryl methyl sites for hydroxylation is 1. The van der Waals surface area contributed by atoms with E-state index in [2.05, 4.69) is 35.4 Å². The van der Waals surface area contributed by atoms with Crippen molar-refractivity contribution in [3.8, 4) is 0 Å². The summed E-state index contributed by atoms with van der Waals surface area (Å²) in [5.74, 6) is 0. The van der Waals surface area contributed by atoms with Crippen molar-refractivity contribution in [2.45, 2.75) is 33.3 Å². The van der Waals surface area contributed by atoms with E-state index in [1.807, 2.05) is 39.1 Å². The zero-order chi connectivity index (χ0) is 15.5. The summed E-state index contributed by atoms with van der Waals surface area (Å²) in [6.07, 6.45) is 5.47. The summed E-state index contributed by atoms with van der Waals surface area (Å²) in [4.78, 5) is 14.7. The summed E-state index contributed by atoms with van der Waals surface area (Å²) in [6.45, 7) is 8.04. The molecule has 0 spiro atoms. The van der Waals surface area contributed by atoms with Crippen molar-refractivity contribution in [1.82, 2.24) is 10.3 Å². The molecule has 4 heteroatoms. The molecular weight excluding hydrogens is 264 g/mol. The highest BCUT2D eigenvalue weighted by Crippen LogP contribution is 2.20. The molecule has 0 fully saturated rings. The van der Waals surface area contributed by atoms with Crippen molar-refractivity contribution < 1.29 is 9.53 Å². The van der Waals surface area contributed by atoms with E-state index in [9.17, 15) is 4.79 Å². The lowest BCUT2D eigenvalue weighted by Gasteiger charge is -2.19. The molecule has 112 valence electrons. The van der Waals surface area contributed by atoms with Gasteiger partial charge in [0, 0.05) is 23.6 Å². The number of hydrogen-bond donors (Lipinski definition) is 2. The summed E-state index contributed by atoms with van der Waals surface area (Å²) in [5.41, 5.74) is 2.98. The molecule has 2 rings (SSSR count). The molecule has 0 atom stereocenters. The van der Waals surface area contributed by atoms with Gasteiger partial charge in [-0.3, -0.25) is 0 Å². The van der Waals surface area contributed by atoms with E-state index in [1.54, 1.807) is 0 Å². The van der Waals surface area contributed by atoms with Gasteiger partial charge in [0.25, 0.3) is 0 Å². The van der Waals surface area contributed by atoms with Crippen LogP contribution in [0, 0.1) is 6.92 Å². The maximum absolute atomic E-state index is 11.5. The number of rotatable bonds is 3. The maximum Gasteiger partial charge on any atom is 0.407 e. The van der Waals surface area contributed by atoms with Crippen molar-refractivity contribution in [2.24, 2.45) is 0 Å². The molecule has 0 saturated heterocycles. The minimum atomic E-state index is -0.470. The van der Waals surface area contributed by atoms with Crippen LogP contribution in [0.4, 0.5) is 4.79 Å². The number of carbonyl (C=O) groups is 1. The average Bonchev–Trinajstić information content (AvgIpc) is 2.75. The van der Waals surface area contributed by atoms with Crippen molar-refractivity contribution in [1.29, 1.82) is 0 Å². The zero-order valence-corrected chi connectivity index (χ0v) is 13.0. The van der Waals surface area contributed by atoms with Gasteiger partial charge in [-0.15, -0.1) is 0 Å². The lowest BCUT2D eigenvalue weighted by atomic mass is 10.1. The molecule has 0 bridgehead atoms. The van der Waals surface area contributed by atoms with Gasteiger partial charge in [0.2, 0.25) is 0 Å². The van der Waals surface area contributed by atoms with Crippen LogP contribution in [0.2, 0.25) is 0 Å². The molecule has 1 heterocycles. The molecule has 0 aliphatic carbocycles. The zero-order valence-electron chi connectivity index (χ0n) is 13.0. The van der Waals surface area contributed by atoms with Gasteiger partial charge in [-0.2, -0.15) is 0 Å². The second-order valence-electron chi connectivity index (χ2n) is 6.08. The lowest BCUT2D eigenvalue weighted by molar-refractivity contribution is 0.0534. The quantitative estimate of drug-likeness (QED) is 0.895. The van der Waals surface area contributed by atoms with Crippen LogP contribution < -0.4 is 5.32 Å². The van der Waals surface area contributed by atoms with Gasteiger partial charge in [-0.25, -0.2) is 4.79 Å². The summed E-state index contributed by atoms with van der Waals surface area (Å²) in [7, 11) is 0. The standard InChI is InChI=1S/C17H22N2O2/c1-12-7-8-15-14(10-12)13(11-19-15)6-5-9-18-16(20)21-17(2,3)4/h5-8,10-11,19H,9H2,1-4H3,(H,18,20). The largest absolute Gasteiger partial charge is 0.444 e. The van der Waals surface area contributed by atoms with Crippen LogP contribution in [0.25, 0.3) is 17.0 Å². The number of ether oxygens (including phenoxy) is 1. The molecule has 1 aromatic heterocycles. The summed E-state index contributed by atoms with van der Waals surface area (Å²) < 4.78 is 5.17. The van der Waals surface area contributed by atoms with Crippen LogP contribution in [-0.4, -0.2) is 23.2 Å². The number of carbonyl (C=O) groups excluding carboxylic acids is 1. The third kappa shape index (κ3) is 4.38. The maximum atomic E-state index is 11.5. The van der Waals surface area contributed by atoms with Gasteiger partial charge >= 0.3 is 6.09 Å². The third-order valence-corrected chi connectivity index (χ3v) is 2.93. The molecule has 0 unspecified atom stereocenters. The summed E-state index contributed by atoms with van der Waals surface area (Å²) >= 11 is 0. The predicted molar refractivity (Wildman–Crippen MR) is 86.3 cm³/mol. The molecule has 1 amide bonds. The van der Waals surface area contributed by atoms with Gasteiger partial charge in [-0.05, 0) is 45.4 Å². The second kappa shape index (κ2) is 6.04. The first-order chi connectivity index (χ1) is 9.85. The molecule has 21 heavy (non-hydrogen) atoms. The van der Waals surface area contributed by atoms with E-state index in [-0.39, 0.29) is 0 Å². The highest BCUT2D eigenvalue weighted by molar-refractivity contribution is 5.89. The van der Waals surface area contributed by atoms with Gasteiger partial charge in [-0.1, -0.05) is 23.8 Å². The van der Waals surface area contributed by atoms with Crippen LogP contribution >= 0.6 is 0 Å². The lowest BCUT2D eigenvalue weighted by Crippen LogP contribution is -2.32. The Morgan fingerprint density at radius 3 is 2.86 bits per heavy atom. The van der Waals surface area contributed by atoms with Crippen molar-refractivity contribution in [3.63, 3.8) is 0 Å². The molecule has 0 aliphatic rings. The Hall–Kier alpha value is -2.23. The highest BCUT2D eigenvalue weighted by Gasteiger charge is 2.14. The van der Waals surface area contributed by atoms with E-state index in [0.717, 1.165) is 11.1 Å². The Bertz CT molecular complexity index is 663. The van der Waals surface area contributed by atoms with Crippen LogP contribution in [0.5, 0.6) is 0 Å². The number of H-pyrrole nitrogens is 1. The van der Waals surface area contributed by atoms with E-state index in [1.165, 1.54) is 10.9 Å². The third-order valence-electron chi connectivity index (χ3n) is 2.93. The number of benzene rings is 1. The average molecular weight is 286 g/mol. The fraction of sp³-hybridized carbons (Fsp3) is 0.353. The predicted octanol–water partition coefficient (Wildman–Crippen LogP) is 4.01. The Labute approximate surface area is 125 Å². The molecular formula is C17H22N2O2.